The highest BCUT2D eigenvalue weighted by Gasteiger charge is 2.03. The third kappa shape index (κ3) is 1.60. The quantitative estimate of drug-likeness (QED) is 0.650. The van der Waals surface area contributed by atoms with E-state index in [1.807, 2.05) is 19.1 Å². The van der Waals surface area contributed by atoms with Crippen LogP contribution in [0.5, 0.6) is 0 Å². The van der Waals surface area contributed by atoms with Crippen LogP contribution in [0.25, 0.3) is 0 Å². The molecule has 0 amide bonds. The molecule has 0 aliphatic rings. The standard InChI is InChI=1S/C10H10ClN/c1-3-8-5-10(11)9(6-12)4-7(8)2/h4-5H,3H2,1-2H3. The monoisotopic (exact) mass is 179 g/mol. The second-order valence-corrected chi connectivity index (χ2v) is 3.13. The molecule has 0 radical (unpaired) electrons. The molecule has 0 N–H and O–H groups in total. The molecule has 0 saturated carbocycles. The Labute approximate surface area is 77.6 Å². The van der Waals surface area contributed by atoms with Crippen LogP contribution in [0.3, 0.4) is 0 Å². The lowest BCUT2D eigenvalue weighted by atomic mass is 10.0. The lowest BCUT2D eigenvalue weighted by Gasteiger charge is -2.04. The summed E-state index contributed by atoms with van der Waals surface area (Å²) in [6, 6.07) is 5.76. The third-order valence-electron chi connectivity index (χ3n) is 1.93. The second kappa shape index (κ2) is 3.60. The molecule has 0 saturated heterocycles. The van der Waals surface area contributed by atoms with Crippen LogP contribution >= 0.6 is 11.6 Å². The minimum Gasteiger partial charge on any atom is -0.192 e. The molecule has 1 aromatic carbocycles. The van der Waals surface area contributed by atoms with Gasteiger partial charge in [0.25, 0.3) is 0 Å². The Morgan fingerprint density at radius 2 is 2.17 bits per heavy atom. The smallest absolute Gasteiger partial charge is 0.101 e. The van der Waals surface area contributed by atoms with Crippen LogP contribution in [-0.4, -0.2) is 0 Å². The normalized spacial score (nSPS) is 9.50. The van der Waals surface area contributed by atoms with E-state index in [9.17, 15) is 0 Å². The minimum atomic E-state index is 0.556. The first kappa shape index (κ1) is 9.09. The van der Waals surface area contributed by atoms with Gasteiger partial charge in [-0.3, -0.25) is 0 Å². The van der Waals surface area contributed by atoms with Gasteiger partial charge >= 0.3 is 0 Å². The molecule has 0 bridgehead atoms. The Morgan fingerprint density at radius 1 is 1.50 bits per heavy atom. The molecule has 1 aromatic rings. The summed E-state index contributed by atoms with van der Waals surface area (Å²) < 4.78 is 0. The van der Waals surface area contributed by atoms with Gasteiger partial charge in [0, 0.05) is 0 Å². The van der Waals surface area contributed by atoms with Gasteiger partial charge in [-0.05, 0) is 36.6 Å². The fraction of sp³-hybridized carbons (Fsp3) is 0.300. The molecular formula is C10H10ClN. The van der Waals surface area contributed by atoms with Gasteiger partial charge in [-0.2, -0.15) is 5.26 Å². The van der Waals surface area contributed by atoms with Gasteiger partial charge < -0.3 is 0 Å². The predicted octanol–water partition coefficient (Wildman–Crippen LogP) is 3.08. The Kier molecular flexibility index (Phi) is 2.73. The van der Waals surface area contributed by atoms with E-state index >= 15 is 0 Å². The second-order valence-electron chi connectivity index (χ2n) is 2.72. The Morgan fingerprint density at radius 3 is 2.67 bits per heavy atom. The molecule has 0 aliphatic carbocycles. The van der Waals surface area contributed by atoms with Gasteiger partial charge in [-0.15, -0.1) is 0 Å². The molecule has 0 aliphatic heterocycles. The largest absolute Gasteiger partial charge is 0.192 e. The Hall–Kier alpha value is -1.00. The zero-order chi connectivity index (χ0) is 9.14. The highest BCUT2D eigenvalue weighted by Crippen LogP contribution is 2.20. The van der Waals surface area contributed by atoms with Crippen molar-refractivity contribution in [1.82, 2.24) is 0 Å². The van der Waals surface area contributed by atoms with E-state index in [-0.39, 0.29) is 0 Å². The number of benzene rings is 1. The van der Waals surface area contributed by atoms with E-state index in [1.165, 1.54) is 5.56 Å². The first-order valence-corrected chi connectivity index (χ1v) is 4.26. The molecule has 0 aromatic heterocycles. The highest BCUT2D eigenvalue weighted by atomic mass is 35.5. The average molecular weight is 180 g/mol. The van der Waals surface area contributed by atoms with Crippen LogP contribution in [0, 0.1) is 18.3 Å². The van der Waals surface area contributed by atoms with Crippen molar-refractivity contribution >= 4 is 11.6 Å². The van der Waals surface area contributed by atoms with Crippen molar-refractivity contribution in [2.45, 2.75) is 20.3 Å². The Balaban J connectivity index is 3.28. The van der Waals surface area contributed by atoms with Gasteiger partial charge in [0.05, 0.1) is 10.6 Å². The van der Waals surface area contributed by atoms with E-state index < -0.39 is 0 Å². The molecule has 0 atom stereocenters. The van der Waals surface area contributed by atoms with Gasteiger partial charge in [-0.1, -0.05) is 18.5 Å². The maximum absolute atomic E-state index is 8.67. The average Bonchev–Trinajstić information content (AvgIpc) is 2.08. The SMILES string of the molecule is CCc1cc(Cl)c(C#N)cc1C. The molecule has 12 heavy (non-hydrogen) atoms. The summed E-state index contributed by atoms with van der Waals surface area (Å²) in [7, 11) is 0. The summed E-state index contributed by atoms with van der Waals surface area (Å²) in [5.41, 5.74) is 2.91. The Bertz CT molecular complexity index is 336. The first-order chi connectivity index (χ1) is 5.69. The zero-order valence-electron chi connectivity index (χ0n) is 7.19. The summed E-state index contributed by atoms with van der Waals surface area (Å²) in [5, 5.41) is 9.23. The lowest BCUT2D eigenvalue weighted by molar-refractivity contribution is 1.11. The lowest BCUT2D eigenvalue weighted by Crippen LogP contribution is -1.88. The van der Waals surface area contributed by atoms with Gasteiger partial charge in [-0.25, -0.2) is 0 Å². The number of aryl methyl sites for hydroxylation is 2. The minimum absolute atomic E-state index is 0.556. The van der Waals surface area contributed by atoms with Crippen molar-refractivity contribution in [3.8, 4) is 6.07 Å². The van der Waals surface area contributed by atoms with Crippen LogP contribution in [0.2, 0.25) is 5.02 Å². The molecule has 0 unspecified atom stereocenters. The van der Waals surface area contributed by atoms with Crippen LogP contribution in [-0.2, 0) is 6.42 Å². The predicted molar refractivity (Wildman–Crippen MR) is 50.3 cm³/mol. The van der Waals surface area contributed by atoms with E-state index in [2.05, 4.69) is 13.0 Å². The number of halogens is 1. The van der Waals surface area contributed by atoms with Gasteiger partial charge in [0.15, 0.2) is 0 Å². The van der Waals surface area contributed by atoms with E-state index in [0.717, 1.165) is 12.0 Å². The fourth-order valence-corrected chi connectivity index (χ4v) is 1.42. The summed E-state index contributed by atoms with van der Waals surface area (Å²) in [4.78, 5) is 0. The van der Waals surface area contributed by atoms with Crippen molar-refractivity contribution in [3.05, 3.63) is 33.8 Å². The van der Waals surface area contributed by atoms with Crippen molar-refractivity contribution in [2.75, 3.05) is 0 Å². The molecule has 0 spiro atoms. The van der Waals surface area contributed by atoms with Crippen molar-refractivity contribution in [1.29, 1.82) is 5.26 Å². The first-order valence-electron chi connectivity index (χ1n) is 3.88. The van der Waals surface area contributed by atoms with Crippen molar-refractivity contribution in [2.24, 2.45) is 0 Å². The van der Waals surface area contributed by atoms with Crippen LogP contribution in [0.1, 0.15) is 23.6 Å². The third-order valence-corrected chi connectivity index (χ3v) is 2.24. The zero-order valence-corrected chi connectivity index (χ0v) is 7.94. The van der Waals surface area contributed by atoms with Crippen molar-refractivity contribution in [3.63, 3.8) is 0 Å². The highest BCUT2D eigenvalue weighted by molar-refractivity contribution is 6.31. The molecule has 0 heterocycles. The molecule has 62 valence electrons. The van der Waals surface area contributed by atoms with E-state index in [1.54, 1.807) is 0 Å². The number of hydrogen-bond donors (Lipinski definition) is 0. The van der Waals surface area contributed by atoms with Gasteiger partial charge in [0.1, 0.15) is 6.07 Å². The molecular weight excluding hydrogens is 170 g/mol. The summed E-state index contributed by atoms with van der Waals surface area (Å²) in [6.45, 7) is 4.07. The molecule has 1 rings (SSSR count). The molecule has 2 heteroatoms. The van der Waals surface area contributed by atoms with E-state index in [4.69, 9.17) is 16.9 Å². The van der Waals surface area contributed by atoms with Crippen molar-refractivity contribution < 1.29 is 0 Å². The summed E-state index contributed by atoms with van der Waals surface area (Å²) in [5.74, 6) is 0. The number of hydrogen-bond acceptors (Lipinski definition) is 1. The fourth-order valence-electron chi connectivity index (χ4n) is 1.19. The number of rotatable bonds is 1. The van der Waals surface area contributed by atoms with Crippen LogP contribution < -0.4 is 0 Å². The van der Waals surface area contributed by atoms with Gasteiger partial charge in [0.2, 0.25) is 0 Å². The van der Waals surface area contributed by atoms with Crippen LogP contribution in [0.4, 0.5) is 0 Å². The molecule has 0 fully saturated rings. The topological polar surface area (TPSA) is 23.8 Å². The maximum Gasteiger partial charge on any atom is 0.101 e. The van der Waals surface area contributed by atoms with E-state index in [0.29, 0.717) is 10.6 Å². The summed E-state index contributed by atoms with van der Waals surface area (Å²) in [6.07, 6.45) is 0.956. The van der Waals surface area contributed by atoms with Crippen LogP contribution in [0.15, 0.2) is 12.1 Å². The number of nitriles is 1. The maximum atomic E-state index is 8.67. The number of nitrogens with zero attached hydrogens (tertiary/aromatic N) is 1. The molecule has 1 nitrogen and oxygen atoms in total. The summed E-state index contributed by atoms with van der Waals surface area (Å²) >= 11 is 5.86.